The third kappa shape index (κ3) is 4.03. The molecule has 0 radical (unpaired) electrons. The van der Waals surface area contributed by atoms with E-state index in [1.807, 2.05) is 54.8 Å². The monoisotopic (exact) mass is 368 g/mol. The molecule has 0 aliphatic heterocycles. The summed E-state index contributed by atoms with van der Waals surface area (Å²) in [7, 11) is 3.20. The van der Waals surface area contributed by atoms with Gasteiger partial charge in [-0.05, 0) is 36.8 Å². The molecule has 2 aromatic carbocycles. The highest BCUT2D eigenvalue weighted by molar-refractivity contribution is 7.10. The van der Waals surface area contributed by atoms with Crippen LogP contribution in [0.4, 0.5) is 5.69 Å². The molecule has 134 valence electrons. The number of ether oxygens (including phenoxy) is 2. The number of carbonyl (C=O) groups excluding carboxylic acids is 1. The third-order valence-electron chi connectivity index (χ3n) is 3.96. The number of hydrogen-bond donors (Lipinski definition) is 1. The van der Waals surface area contributed by atoms with Gasteiger partial charge in [0, 0.05) is 16.6 Å². The van der Waals surface area contributed by atoms with Crippen LogP contribution in [0.15, 0.2) is 47.8 Å². The summed E-state index contributed by atoms with van der Waals surface area (Å²) < 4.78 is 10.6. The van der Waals surface area contributed by atoms with E-state index in [0.29, 0.717) is 11.5 Å². The predicted octanol–water partition coefficient (Wildman–Crippen LogP) is 4.32. The van der Waals surface area contributed by atoms with Gasteiger partial charge in [-0.25, -0.2) is 4.98 Å². The number of aryl methyl sites for hydroxylation is 1. The lowest BCUT2D eigenvalue weighted by Gasteiger charge is -2.08. The molecule has 0 aliphatic carbocycles. The molecule has 0 bridgehead atoms. The number of aromatic nitrogens is 1. The van der Waals surface area contributed by atoms with Gasteiger partial charge in [0.25, 0.3) is 0 Å². The average molecular weight is 368 g/mol. The van der Waals surface area contributed by atoms with Gasteiger partial charge in [-0.3, -0.25) is 4.79 Å². The van der Waals surface area contributed by atoms with E-state index in [9.17, 15) is 4.79 Å². The Morgan fingerprint density at radius 2 is 1.88 bits per heavy atom. The fourth-order valence-electron chi connectivity index (χ4n) is 2.57. The molecule has 5 nitrogen and oxygen atoms in total. The first-order chi connectivity index (χ1) is 12.6. The number of benzene rings is 2. The minimum atomic E-state index is -0.0764. The number of anilines is 1. The standard InChI is InChI=1S/C20H20N2O3S/c1-13-6-4-5-7-15(13)21-19(23)11-20-22-16(12-26-20)14-8-9-17(24-2)18(10-14)25-3/h4-10,12H,11H2,1-3H3,(H,21,23). The molecule has 1 amide bonds. The lowest BCUT2D eigenvalue weighted by molar-refractivity contribution is -0.115. The Morgan fingerprint density at radius 3 is 2.62 bits per heavy atom. The fraction of sp³-hybridized carbons (Fsp3) is 0.200. The highest BCUT2D eigenvalue weighted by Gasteiger charge is 2.12. The first-order valence-electron chi connectivity index (χ1n) is 8.13. The third-order valence-corrected chi connectivity index (χ3v) is 4.81. The molecule has 0 fully saturated rings. The molecule has 3 rings (SSSR count). The number of para-hydroxylation sites is 1. The highest BCUT2D eigenvalue weighted by Crippen LogP contribution is 2.32. The van der Waals surface area contributed by atoms with Crippen molar-refractivity contribution in [2.24, 2.45) is 0 Å². The van der Waals surface area contributed by atoms with Gasteiger partial charge >= 0.3 is 0 Å². The summed E-state index contributed by atoms with van der Waals surface area (Å²) in [5.74, 6) is 1.24. The van der Waals surface area contributed by atoms with Gasteiger partial charge in [0.1, 0.15) is 5.01 Å². The first kappa shape index (κ1) is 17.9. The quantitative estimate of drug-likeness (QED) is 0.704. The maximum absolute atomic E-state index is 12.3. The second-order valence-electron chi connectivity index (χ2n) is 5.74. The molecule has 0 spiro atoms. The zero-order valence-corrected chi connectivity index (χ0v) is 15.7. The van der Waals surface area contributed by atoms with Crippen LogP contribution in [-0.2, 0) is 11.2 Å². The summed E-state index contributed by atoms with van der Waals surface area (Å²) in [6.07, 6.45) is 0.242. The van der Waals surface area contributed by atoms with Crippen molar-refractivity contribution in [3.05, 3.63) is 58.4 Å². The highest BCUT2D eigenvalue weighted by atomic mass is 32.1. The van der Waals surface area contributed by atoms with E-state index in [4.69, 9.17) is 9.47 Å². The van der Waals surface area contributed by atoms with Crippen molar-refractivity contribution in [3.63, 3.8) is 0 Å². The molecule has 26 heavy (non-hydrogen) atoms. The van der Waals surface area contributed by atoms with Crippen LogP contribution < -0.4 is 14.8 Å². The largest absolute Gasteiger partial charge is 0.493 e. The van der Waals surface area contributed by atoms with Crippen molar-refractivity contribution in [2.45, 2.75) is 13.3 Å². The summed E-state index contributed by atoms with van der Waals surface area (Å²) >= 11 is 1.47. The van der Waals surface area contributed by atoms with Crippen molar-refractivity contribution >= 4 is 22.9 Å². The molecule has 1 aromatic heterocycles. The molecule has 0 unspecified atom stereocenters. The second-order valence-corrected chi connectivity index (χ2v) is 6.68. The molecule has 0 aliphatic rings. The minimum Gasteiger partial charge on any atom is -0.493 e. The predicted molar refractivity (Wildman–Crippen MR) is 104 cm³/mol. The lowest BCUT2D eigenvalue weighted by atomic mass is 10.1. The normalized spacial score (nSPS) is 10.4. The van der Waals surface area contributed by atoms with Gasteiger partial charge in [0.15, 0.2) is 11.5 Å². The Morgan fingerprint density at radius 1 is 1.12 bits per heavy atom. The molecular formula is C20H20N2O3S. The van der Waals surface area contributed by atoms with Crippen LogP contribution in [-0.4, -0.2) is 25.1 Å². The zero-order valence-electron chi connectivity index (χ0n) is 14.9. The van der Waals surface area contributed by atoms with Crippen molar-refractivity contribution in [1.82, 2.24) is 4.98 Å². The van der Waals surface area contributed by atoms with Crippen LogP contribution in [0.25, 0.3) is 11.3 Å². The fourth-order valence-corrected chi connectivity index (χ4v) is 3.37. The maximum atomic E-state index is 12.3. The summed E-state index contributed by atoms with van der Waals surface area (Å²) in [5, 5.41) is 5.64. The Hall–Kier alpha value is -2.86. The van der Waals surface area contributed by atoms with Gasteiger partial charge in [-0.15, -0.1) is 11.3 Å². The van der Waals surface area contributed by atoms with Crippen LogP contribution in [0.3, 0.4) is 0 Å². The van der Waals surface area contributed by atoms with Crippen LogP contribution in [0.2, 0.25) is 0 Å². The van der Waals surface area contributed by atoms with E-state index in [2.05, 4.69) is 10.3 Å². The minimum absolute atomic E-state index is 0.0764. The van der Waals surface area contributed by atoms with E-state index < -0.39 is 0 Å². The van der Waals surface area contributed by atoms with Crippen molar-refractivity contribution in [1.29, 1.82) is 0 Å². The van der Waals surface area contributed by atoms with Gasteiger partial charge in [-0.2, -0.15) is 0 Å². The van der Waals surface area contributed by atoms with Crippen LogP contribution in [0, 0.1) is 6.92 Å². The summed E-state index contributed by atoms with van der Waals surface area (Å²) in [6.45, 7) is 1.97. The van der Waals surface area contributed by atoms with E-state index in [1.54, 1.807) is 14.2 Å². The summed E-state index contributed by atoms with van der Waals surface area (Å²) in [4.78, 5) is 16.9. The first-order valence-corrected chi connectivity index (χ1v) is 9.01. The SMILES string of the molecule is COc1ccc(-c2csc(CC(=O)Nc3ccccc3C)n2)cc1OC. The summed E-state index contributed by atoms with van der Waals surface area (Å²) in [6, 6.07) is 13.4. The Bertz CT molecular complexity index is 921. The van der Waals surface area contributed by atoms with Gasteiger partial charge in [-0.1, -0.05) is 18.2 Å². The number of carbonyl (C=O) groups is 1. The Labute approximate surface area is 156 Å². The molecule has 0 saturated heterocycles. The maximum Gasteiger partial charge on any atom is 0.231 e. The number of hydrogen-bond acceptors (Lipinski definition) is 5. The Kier molecular flexibility index (Phi) is 5.53. The van der Waals surface area contributed by atoms with Gasteiger partial charge in [0.05, 0.1) is 26.3 Å². The number of rotatable bonds is 6. The van der Waals surface area contributed by atoms with Crippen molar-refractivity contribution in [2.75, 3.05) is 19.5 Å². The zero-order chi connectivity index (χ0) is 18.5. The van der Waals surface area contributed by atoms with E-state index >= 15 is 0 Å². The van der Waals surface area contributed by atoms with Crippen molar-refractivity contribution in [3.8, 4) is 22.8 Å². The molecule has 1 N–H and O–H groups in total. The second kappa shape index (κ2) is 8.01. The van der Waals surface area contributed by atoms with E-state index in [1.165, 1.54) is 11.3 Å². The number of thiazole rings is 1. The number of nitrogens with one attached hydrogen (secondary N) is 1. The molecule has 6 heteroatoms. The van der Waals surface area contributed by atoms with Crippen LogP contribution in [0.5, 0.6) is 11.5 Å². The average Bonchev–Trinajstić information content (AvgIpc) is 3.11. The molecule has 0 atom stereocenters. The topological polar surface area (TPSA) is 60.5 Å². The smallest absolute Gasteiger partial charge is 0.231 e. The van der Waals surface area contributed by atoms with E-state index in [0.717, 1.165) is 27.5 Å². The van der Waals surface area contributed by atoms with Gasteiger partial charge in [0.2, 0.25) is 5.91 Å². The van der Waals surface area contributed by atoms with Crippen LogP contribution >= 0.6 is 11.3 Å². The lowest BCUT2D eigenvalue weighted by Crippen LogP contribution is -2.14. The summed E-state index contributed by atoms with van der Waals surface area (Å²) in [5.41, 5.74) is 3.60. The number of nitrogens with zero attached hydrogens (tertiary/aromatic N) is 1. The van der Waals surface area contributed by atoms with E-state index in [-0.39, 0.29) is 12.3 Å². The molecule has 1 heterocycles. The molecular weight excluding hydrogens is 348 g/mol. The van der Waals surface area contributed by atoms with Gasteiger partial charge < -0.3 is 14.8 Å². The molecule has 0 saturated carbocycles. The van der Waals surface area contributed by atoms with Crippen LogP contribution in [0.1, 0.15) is 10.6 Å². The molecule has 3 aromatic rings. The Balaban J connectivity index is 1.72. The number of methoxy groups -OCH3 is 2. The number of amides is 1. The van der Waals surface area contributed by atoms with Crippen molar-refractivity contribution < 1.29 is 14.3 Å².